The van der Waals surface area contributed by atoms with Gasteiger partial charge in [0.05, 0.1) is 75.5 Å². The van der Waals surface area contributed by atoms with E-state index in [0.29, 0.717) is 25.8 Å². The van der Waals surface area contributed by atoms with E-state index < -0.39 is 54.1 Å². The Morgan fingerprint density at radius 2 is 1.51 bits per heavy atom. The fourth-order valence-electron chi connectivity index (χ4n) is 9.12. The zero-order valence-corrected chi connectivity index (χ0v) is 40.9. The zero-order valence-electron chi connectivity index (χ0n) is 40.9. The van der Waals surface area contributed by atoms with Crippen molar-refractivity contribution in [2.45, 2.75) is 130 Å². The molecule has 2 rings (SSSR count). The Morgan fingerprint density at radius 1 is 0.862 bits per heavy atom. The van der Waals surface area contributed by atoms with E-state index in [1.165, 1.54) is 19.1 Å². The van der Waals surface area contributed by atoms with Crippen LogP contribution in [0.3, 0.4) is 0 Å². The molecule has 0 bridgehead atoms. The highest BCUT2D eigenvalue weighted by atomic mass is 16.5. The maximum Gasteiger partial charge on any atom is 0.307 e. The molecular formula is C48H78N6O11. The molecular weight excluding hydrogens is 837 g/mol. The van der Waals surface area contributed by atoms with Crippen LogP contribution in [0.1, 0.15) is 99.0 Å². The van der Waals surface area contributed by atoms with Gasteiger partial charge in [0.2, 0.25) is 17.7 Å². The van der Waals surface area contributed by atoms with Crippen LogP contribution in [-0.2, 0) is 54.1 Å². The van der Waals surface area contributed by atoms with E-state index in [9.17, 15) is 33.9 Å². The molecule has 0 aliphatic carbocycles. The number of ketones is 2. The minimum absolute atomic E-state index is 0.0433. The summed E-state index contributed by atoms with van der Waals surface area (Å²) in [6, 6.07) is 7.48. The quantitative estimate of drug-likeness (QED) is 0.0368. The summed E-state index contributed by atoms with van der Waals surface area (Å²) in [5.74, 6) is -5.08. The Hall–Kier alpha value is -4.41. The van der Waals surface area contributed by atoms with Crippen LogP contribution in [0.2, 0.25) is 0 Å². The number of rotatable bonds is 32. The van der Waals surface area contributed by atoms with Gasteiger partial charge in [-0.2, -0.15) is 0 Å². The first-order chi connectivity index (χ1) is 30.9. The minimum Gasteiger partial charge on any atom is -0.481 e. The van der Waals surface area contributed by atoms with Gasteiger partial charge < -0.3 is 38.8 Å². The van der Waals surface area contributed by atoms with Gasteiger partial charge in [0.15, 0.2) is 5.78 Å². The van der Waals surface area contributed by atoms with Crippen molar-refractivity contribution in [3.8, 4) is 0 Å². The Morgan fingerprint density at radius 3 is 2.06 bits per heavy atom. The third-order valence-electron chi connectivity index (χ3n) is 13.0. The maximum absolute atomic E-state index is 14.6. The van der Waals surface area contributed by atoms with Gasteiger partial charge in [0.25, 0.3) is 0 Å². The molecule has 0 unspecified atom stereocenters. The fourth-order valence-corrected chi connectivity index (χ4v) is 9.12. The third-order valence-corrected chi connectivity index (χ3v) is 13.0. The molecule has 3 amide bonds. The first-order valence-electron chi connectivity index (χ1n) is 23.2. The van der Waals surface area contributed by atoms with Crippen LogP contribution in [0.5, 0.6) is 0 Å². The average Bonchev–Trinajstić information content (AvgIpc) is 3.76. The van der Waals surface area contributed by atoms with Crippen molar-refractivity contribution in [3.63, 3.8) is 0 Å². The van der Waals surface area contributed by atoms with Crippen LogP contribution in [0.25, 0.3) is 10.4 Å². The predicted octanol–water partition coefficient (Wildman–Crippen LogP) is 6.26. The van der Waals surface area contributed by atoms with Gasteiger partial charge in [-0.15, -0.1) is 0 Å². The van der Waals surface area contributed by atoms with Gasteiger partial charge in [-0.1, -0.05) is 90.3 Å². The molecule has 17 heteroatoms. The van der Waals surface area contributed by atoms with Crippen molar-refractivity contribution in [1.29, 1.82) is 0 Å². The van der Waals surface area contributed by atoms with Crippen molar-refractivity contribution < 1.29 is 52.8 Å². The molecule has 1 aromatic carbocycles. The van der Waals surface area contributed by atoms with Crippen molar-refractivity contribution in [2.75, 3.05) is 67.8 Å². The van der Waals surface area contributed by atoms with Gasteiger partial charge in [0.1, 0.15) is 5.78 Å². The normalized spacial score (nSPS) is 17.6. The number of benzene rings is 1. The molecule has 0 spiro atoms. The molecule has 0 saturated carbocycles. The summed E-state index contributed by atoms with van der Waals surface area (Å²) >= 11 is 0. The van der Waals surface area contributed by atoms with Crippen LogP contribution in [0.15, 0.2) is 35.4 Å². The second-order valence-electron chi connectivity index (χ2n) is 18.1. The van der Waals surface area contributed by atoms with Crippen LogP contribution in [0.4, 0.5) is 0 Å². The summed E-state index contributed by atoms with van der Waals surface area (Å²) in [7, 11) is 6.33. The molecule has 1 N–H and O–H groups in total. The van der Waals surface area contributed by atoms with Crippen LogP contribution in [0, 0.1) is 35.5 Å². The monoisotopic (exact) mass is 915 g/mol. The molecule has 366 valence electrons. The second-order valence-corrected chi connectivity index (χ2v) is 18.1. The molecule has 1 aliphatic heterocycles. The molecule has 9 atom stereocenters. The van der Waals surface area contributed by atoms with Crippen molar-refractivity contribution >= 4 is 35.3 Å². The summed E-state index contributed by atoms with van der Waals surface area (Å²) < 4.78 is 22.8. The number of carboxylic acid groups (broad SMARTS) is 1. The number of carboxylic acids is 1. The van der Waals surface area contributed by atoms with Gasteiger partial charge in [-0.25, -0.2) is 0 Å². The number of azide groups is 1. The highest BCUT2D eigenvalue weighted by Crippen LogP contribution is 2.32. The van der Waals surface area contributed by atoms with Crippen molar-refractivity contribution in [2.24, 2.45) is 40.6 Å². The molecule has 1 saturated heterocycles. The molecule has 0 aromatic heterocycles. The van der Waals surface area contributed by atoms with Gasteiger partial charge in [-0.05, 0) is 48.1 Å². The zero-order chi connectivity index (χ0) is 48.8. The Labute approximate surface area is 386 Å². The van der Waals surface area contributed by atoms with Crippen LogP contribution < -0.4 is 0 Å². The Kier molecular flexibility index (Phi) is 25.5. The number of hydrogen-bond acceptors (Lipinski definition) is 11. The number of nitrogens with zero attached hydrogens (tertiary/aromatic N) is 6. The lowest BCUT2D eigenvalue weighted by atomic mass is 9.83. The van der Waals surface area contributed by atoms with E-state index in [1.807, 2.05) is 71.9 Å². The van der Waals surface area contributed by atoms with Crippen molar-refractivity contribution in [1.82, 2.24) is 14.7 Å². The molecule has 1 fully saturated rings. The standard InChI is InChI=1S/C48H78N6O11/c1-12-33(6)45(53(9)47(59)37(31(2)3)29-40(56)44(32(4)5)52(8)42(57)20-23-64-25-26-65-24-21-50-51-49)41(62-10)30-43(58)54-22-16-19-38(54)46(63-11)34(7)39(55)28-36(48(60)61)27-35-17-14-13-15-18-35/h13-15,17-18,31-34,36-38,41,44-46H,12,16,19-30H2,1-11H3,(H,60,61)/t33-,34-,36+,37-,38-,41+,44-,45-,46+/m0/s1. The molecule has 1 heterocycles. The summed E-state index contributed by atoms with van der Waals surface area (Å²) in [6.07, 6.45) is 0.592. The maximum atomic E-state index is 14.6. The highest BCUT2D eigenvalue weighted by Gasteiger charge is 2.44. The lowest BCUT2D eigenvalue weighted by molar-refractivity contribution is -0.150. The number of amides is 3. The third kappa shape index (κ3) is 17.4. The van der Waals surface area contributed by atoms with Crippen molar-refractivity contribution in [3.05, 3.63) is 46.3 Å². The Balaban J connectivity index is 2.20. The number of Topliss-reactive ketones (excluding diaryl/α,β-unsaturated/α-hetero) is 2. The fraction of sp³-hybridized carbons (Fsp3) is 0.750. The molecule has 65 heavy (non-hydrogen) atoms. The predicted molar refractivity (Wildman–Crippen MR) is 247 cm³/mol. The van der Waals surface area contributed by atoms with Gasteiger partial charge in [0, 0.05) is 71.0 Å². The summed E-state index contributed by atoms with van der Waals surface area (Å²) in [4.78, 5) is 89.7. The van der Waals surface area contributed by atoms with E-state index in [4.69, 9.17) is 24.5 Å². The molecule has 1 aliphatic rings. The second kappa shape index (κ2) is 29.3. The smallest absolute Gasteiger partial charge is 0.307 e. The number of likely N-dealkylation sites (tertiary alicyclic amines) is 1. The number of likely N-dealkylation sites (N-methyl/N-ethyl adjacent to an activating group) is 2. The van der Waals surface area contributed by atoms with Gasteiger partial charge in [-0.3, -0.25) is 28.8 Å². The number of methoxy groups -OCH3 is 2. The lowest BCUT2D eigenvalue weighted by Crippen LogP contribution is -2.54. The summed E-state index contributed by atoms with van der Waals surface area (Å²) in [5, 5.41) is 13.4. The Bertz CT molecular complexity index is 1710. The van der Waals surface area contributed by atoms with E-state index >= 15 is 0 Å². The van der Waals surface area contributed by atoms with E-state index in [0.717, 1.165) is 5.56 Å². The van der Waals surface area contributed by atoms with Gasteiger partial charge >= 0.3 is 5.97 Å². The van der Waals surface area contributed by atoms with Crippen LogP contribution in [-0.4, -0.2) is 153 Å². The number of carbonyl (C=O) groups is 6. The topological polar surface area (TPSA) is 218 Å². The molecule has 1 aromatic rings. The number of ether oxygens (including phenoxy) is 4. The number of carbonyl (C=O) groups excluding carboxylic acids is 5. The lowest BCUT2D eigenvalue weighted by Gasteiger charge is -2.41. The van der Waals surface area contributed by atoms with Crippen LogP contribution >= 0.6 is 0 Å². The van der Waals surface area contributed by atoms with E-state index in [2.05, 4.69) is 10.0 Å². The average molecular weight is 915 g/mol. The number of hydrogen-bond donors (Lipinski definition) is 1. The number of aliphatic carboxylic acids is 1. The first kappa shape index (κ1) is 56.7. The van der Waals surface area contributed by atoms with E-state index in [1.54, 1.807) is 30.8 Å². The minimum atomic E-state index is -1.05. The highest BCUT2D eigenvalue weighted by molar-refractivity contribution is 5.93. The SMILES string of the molecule is CC[C@H](C)[C@@H]([C@@H](CC(=O)N1CCC[C@H]1[C@H](OC)[C@@H](C)C(=O)C[C@@H](Cc1ccccc1)C(=O)O)OC)N(C)C(=O)[C@@H](CC(=O)[C@H](C(C)C)N(C)C(=O)CCOCCOCCN=[N+]=[N-])C(C)C. The first-order valence-corrected chi connectivity index (χ1v) is 23.2. The largest absolute Gasteiger partial charge is 0.481 e. The molecule has 0 radical (unpaired) electrons. The van der Waals surface area contributed by atoms with E-state index in [-0.39, 0.29) is 112 Å². The summed E-state index contributed by atoms with van der Waals surface area (Å²) in [6.45, 7) is 14.9. The molecule has 17 nitrogen and oxygen atoms in total. The summed E-state index contributed by atoms with van der Waals surface area (Å²) in [5.41, 5.74) is 9.17.